The molecule has 0 bridgehead atoms. The summed E-state index contributed by atoms with van der Waals surface area (Å²) in [5.74, 6) is 6.23. The number of fused-ring (bicyclic) bond motifs is 1. The zero-order valence-corrected chi connectivity index (χ0v) is 6.56. The normalized spacial score (nSPS) is 10.4. The van der Waals surface area contributed by atoms with Crippen LogP contribution < -0.4 is 10.6 Å². The van der Waals surface area contributed by atoms with E-state index in [-0.39, 0.29) is 0 Å². The lowest BCUT2D eigenvalue weighted by molar-refractivity contribution is 0.415. The third kappa shape index (κ3) is 0.868. The monoisotopic (exact) mass is 164 g/mol. The second-order valence-electron chi connectivity index (χ2n) is 2.39. The number of nitrogens with two attached hydrogens (primary N) is 1. The minimum atomic E-state index is 0.747. The number of hydrogen-bond acceptors (Lipinski definition) is 4. The van der Waals surface area contributed by atoms with Crippen LogP contribution in [0, 0.1) is 0 Å². The molecular weight excluding hydrogens is 156 g/mol. The fourth-order valence-corrected chi connectivity index (χ4v) is 1.04. The van der Waals surface area contributed by atoms with Crippen molar-refractivity contribution in [2.24, 2.45) is 0 Å². The fourth-order valence-electron chi connectivity index (χ4n) is 1.04. The van der Waals surface area contributed by atoms with Gasteiger partial charge in [-0.15, -0.1) is 5.10 Å². The topological polar surface area (TPSA) is 66.0 Å². The molecule has 1 heterocycles. The molecule has 0 saturated carbocycles. The molecule has 0 spiro atoms. The Morgan fingerprint density at radius 2 is 2.33 bits per heavy atom. The molecule has 0 unspecified atom stereocenters. The minimum absolute atomic E-state index is 0.747. The predicted molar refractivity (Wildman–Crippen MR) is 44.2 cm³/mol. The first-order valence-electron chi connectivity index (χ1n) is 3.46. The Morgan fingerprint density at radius 3 is 3.08 bits per heavy atom. The first kappa shape index (κ1) is 6.90. The zero-order valence-electron chi connectivity index (χ0n) is 6.56. The van der Waals surface area contributed by atoms with Crippen LogP contribution in [0.15, 0.2) is 18.2 Å². The van der Waals surface area contributed by atoms with Crippen molar-refractivity contribution in [3.63, 3.8) is 0 Å². The Morgan fingerprint density at radius 1 is 1.50 bits per heavy atom. The summed E-state index contributed by atoms with van der Waals surface area (Å²) in [5, 5.41) is 7.49. The lowest BCUT2D eigenvalue weighted by Crippen LogP contribution is -2.09. The summed E-state index contributed by atoms with van der Waals surface area (Å²) >= 11 is 0. The first-order valence-corrected chi connectivity index (χ1v) is 3.46. The molecule has 0 amide bonds. The number of aromatic nitrogens is 3. The molecular formula is C7H8N4O. The van der Waals surface area contributed by atoms with Crippen molar-refractivity contribution in [1.29, 1.82) is 0 Å². The Labute approximate surface area is 68.7 Å². The van der Waals surface area contributed by atoms with E-state index < -0.39 is 0 Å². The maximum absolute atomic E-state index is 5.49. The molecule has 2 aromatic rings. The molecule has 1 aromatic heterocycles. The van der Waals surface area contributed by atoms with Crippen LogP contribution in [0.5, 0.6) is 5.75 Å². The fraction of sp³-hybridized carbons (Fsp3) is 0.143. The van der Waals surface area contributed by atoms with Crippen molar-refractivity contribution in [1.82, 2.24) is 15.1 Å². The molecule has 0 atom stereocenters. The third-order valence-electron chi connectivity index (χ3n) is 1.68. The average Bonchev–Trinajstić information content (AvgIpc) is 2.47. The van der Waals surface area contributed by atoms with Gasteiger partial charge in [-0.05, 0) is 17.3 Å². The second kappa shape index (κ2) is 2.37. The van der Waals surface area contributed by atoms with Crippen LogP contribution in [-0.4, -0.2) is 22.2 Å². The summed E-state index contributed by atoms with van der Waals surface area (Å²) in [4.78, 5) is 1.22. The maximum Gasteiger partial charge on any atom is 0.121 e. The molecule has 0 aliphatic carbocycles. The van der Waals surface area contributed by atoms with E-state index in [1.165, 1.54) is 4.79 Å². The number of methoxy groups -OCH3 is 1. The van der Waals surface area contributed by atoms with Crippen LogP contribution in [0.2, 0.25) is 0 Å². The van der Waals surface area contributed by atoms with Gasteiger partial charge in [-0.2, -0.15) is 4.79 Å². The van der Waals surface area contributed by atoms with Crippen LogP contribution in [-0.2, 0) is 0 Å². The van der Waals surface area contributed by atoms with Crippen molar-refractivity contribution in [2.75, 3.05) is 13.0 Å². The highest BCUT2D eigenvalue weighted by Gasteiger charge is 2.01. The summed E-state index contributed by atoms with van der Waals surface area (Å²) in [5.41, 5.74) is 1.52. The highest BCUT2D eigenvalue weighted by molar-refractivity contribution is 5.75. The van der Waals surface area contributed by atoms with Crippen LogP contribution in [0.3, 0.4) is 0 Å². The predicted octanol–water partition coefficient (Wildman–Crippen LogP) is 0.154. The molecule has 2 rings (SSSR count). The van der Waals surface area contributed by atoms with Gasteiger partial charge < -0.3 is 10.6 Å². The summed E-state index contributed by atoms with van der Waals surface area (Å²) in [6.07, 6.45) is 0. The lowest BCUT2D eigenvalue weighted by atomic mass is 10.3. The van der Waals surface area contributed by atoms with E-state index in [9.17, 15) is 0 Å². The van der Waals surface area contributed by atoms with Crippen molar-refractivity contribution >= 4 is 11.0 Å². The van der Waals surface area contributed by atoms with E-state index in [0.29, 0.717) is 0 Å². The van der Waals surface area contributed by atoms with E-state index in [1.54, 1.807) is 13.2 Å². The largest absolute Gasteiger partial charge is 0.497 e. The van der Waals surface area contributed by atoms with Gasteiger partial charge in [0, 0.05) is 6.07 Å². The number of ether oxygens (including phenoxy) is 1. The summed E-state index contributed by atoms with van der Waals surface area (Å²) in [7, 11) is 1.60. The van der Waals surface area contributed by atoms with E-state index in [1.807, 2.05) is 12.1 Å². The molecule has 0 radical (unpaired) electrons. The van der Waals surface area contributed by atoms with Gasteiger partial charge >= 0.3 is 0 Å². The van der Waals surface area contributed by atoms with E-state index in [0.717, 1.165) is 16.8 Å². The van der Waals surface area contributed by atoms with E-state index in [4.69, 9.17) is 10.6 Å². The molecule has 0 fully saturated rings. The van der Waals surface area contributed by atoms with Gasteiger partial charge in [-0.1, -0.05) is 0 Å². The summed E-state index contributed by atoms with van der Waals surface area (Å²) < 4.78 is 5.02. The van der Waals surface area contributed by atoms with Crippen molar-refractivity contribution in [3.05, 3.63) is 18.2 Å². The van der Waals surface area contributed by atoms with Crippen molar-refractivity contribution in [2.45, 2.75) is 0 Å². The van der Waals surface area contributed by atoms with Gasteiger partial charge in [0.2, 0.25) is 0 Å². The molecule has 0 aliphatic rings. The Hall–Kier alpha value is -1.78. The van der Waals surface area contributed by atoms with Gasteiger partial charge in [-0.25, -0.2) is 0 Å². The summed E-state index contributed by atoms with van der Waals surface area (Å²) in [6, 6.07) is 5.41. The van der Waals surface area contributed by atoms with E-state index in [2.05, 4.69) is 10.3 Å². The van der Waals surface area contributed by atoms with Crippen LogP contribution >= 0.6 is 0 Å². The van der Waals surface area contributed by atoms with Crippen LogP contribution in [0.1, 0.15) is 0 Å². The van der Waals surface area contributed by atoms with Crippen molar-refractivity contribution < 1.29 is 4.74 Å². The highest BCUT2D eigenvalue weighted by atomic mass is 16.5. The Balaban J connectivity index is 2.71. The standard InChI is InChI=1S/C7H8N4O/c1-12-5-2-3-6-7(4-5)11(8)10-9-6/h2-4H,8H2,1H3. The Kier molecular flexibility index (Phi) is 1.36. The molecule has 2 N–H and O–H groups in total. The quantitative estimate of drug-likeness (QED) is 0.609. The first-order chi connectivity index (χ1) is 5.81. The maximum atomic E-state index is 5.49. The smallest absolute Gasteiger partial charge is 0.121 e. The van der Waals surface area contributed by atoms with Gasteiger partial charge in [0.25, 0.3) is 0 Å². The Bertz CT molecular complexity index is 409. The molecule has 62 valence electrons. The highest BCUT2D eigenvalue weighted by Crippen LogP contribution is 2.16. The number of nitrogen functional groups attached to an aromatic ring is 1. The molecule has 0 aliphatic heterocycles. The van der Waals surface area contributed by atoms with Crippen LogP contribution in [0.4, 0.5) is 0 Å². The zero-order chi connectivity index (χ0) is 8.55. The molecule has 1 aromatic carbocycles. The van der Waals surface area contributed by atoms with E-state index >= 15 is 0 Å². The molecule has 5 heteroatoms. The number of nitrogens with zero attached hydrogens (tertiary/aromatic N) is 3. The number of hydrogen-bond donors (Lipinski definition) is 1. The molecule has 5 nitrogen and oxygen atoms in total. The third-order valence-corrected chi connectivity index (χ3v) is 1.68. The van der Waals surface area contributed by atoms with Gasteiger partial charge in [-0.3, -0.25) is 0 Å². The number of rotatable bonds is 1. The van der Waals surface area contributed by atoms with Crippen LogP contribution in [0.25, 0.3) is 11.0 Å². The van der Waals surface area contributed by atoms with Gasteiger partial charge in [0.15, 0.2) is 0 Å². The molecule has 12 heavy (non-hydrogen) atoms. The molecule has 0 saturated heterocycles. The minimum Gasteiger partial charge on any atom is -0.497 e. The number of benzene rings is 1. The SMILES string of the molecule is COc1ccc2nnn(N)c2c1. The van der Waals surface area contributed by atoms with Gasteiger partial charge in [0.05, 0.1) is 7.11 Å². The second-order valence-corrected chi connectivity index (χ2v) is 2.39. The lowest BCUT2D eigenvalue weighted by Gasteiger charge is -1.97. The van der Waals surface area contributed by atoms with Crippen molar-refractivity contribution in [3.8, 4) is 5.75 Å². The van der Waals surface area contributed by atoms with Gasteiger partial charge in [0.1, 0.15) is 16.8 Å². The average molecular weight is 164 g/mol. The summed E-state index contributed by atoms with van der Waals surface area (Å²) in [6.45, 7) is 0.